The Labute approximate surface area is 248 Å². The first-order valence-corrected chi connectivity index (χ1v) is 15.0. The lowest BCUT2D eigenvalue weighted by Crippen LogP contribution is -2.44. The molecule has 0 aromatic heterocycles. The highest BCUT2D eigenvalue weighted by molar-refractivity contribution is 7.98. The summed E-state index contributed by atoms with van der Waals surface area (Å²) in [5.74, 6) is -0.173. The first-order chi connectivity index (χ1) is 20.2. The zero-order chi connectivity index (χ0) is 31.4. The molecule has 43 heavy (non-hydrogen) atoms. The Kier molecular flexibility index (Phi) is 10.4. The number of hydrogen-bond donors (Lipinski definition) is 2. The van der Waals surface area contributed by atoms with Crippen LogP contribution in [-0.4, -0.2) is 59.9 Å². The molecule has 1 aliphatic heterocycles. The second-order valence-corrected chi connectivity index (χ2v) is 11.5. The summed E-state index contributed by atoms with van der Waals surface area (Å²) in [5.41, 5.74) is -2.45. The molecule has 2 N–H and O–H groups in total. The number of nitro groups is 1. The molecule has 1 aliphatic carbocycles. The Balaban J connectivity index is 1.19. The van der Waals surface area contributed by atoms with Crippen LogP contribution in [0.5, 0.6) is 0 Å². The van der Waals surface area contributed by atoms with Crippen LogP contribution in [-0.2, 0) is 21.9 Å². The first kappa shape index (κ1) is 32.7. The van der Waals surface area contributed by atoms with Crippen molar-refractivity contribution in [3.8, 4) is 0 Å². The summed E-state index contributed by atoms with van der Waals surface area (Å²) in [6.07, 6.45) is -4.39. The van der Waals surface area contributed by atoms with Crippen LogP contribution < -0.4 is 10.6 Å². The molecular formula is C28H32F6N4O4S. The number of nitrogens with one attached hydrogen (secondary N) is 2. The van der Waals surface area contributed by atoms with Crippen LogP contribution in [0.2, 0.25) is 0 Å². The van der Waals surface area contributed by atoms with Crippen molar-refractivity contribution in [1.29, 1.82) is 0 Å². The lowest BCUT2D eigenvalue weighted by Gasteiger charge is -2.34. The van der Waals surface area contributed by atoms with E-state index in [0.29, 0.717) is 57.3 Å². The number of carbonyl (C=O) groups excluding carboxylic acids is 1. The number of nitro benzene ring substituents is 1. The Hall–Kier alpha value is -3.20. The number of thioether (sulfide) groups is 1. The molecule has 2 fully saturated rings. The van der Waals surface area contributed by atoms with Gasteiger partial charge in [-0.2, -0.15) is 26.3 Å². The molecule has 0 unspecified atom stereocenters. The molecule has 0 spiro atoms. The zero-order valence-corrected chi connectivity index (χ0v) is 24.1. The van der Waals surface area contributed by atoms with E-state index in [4.69, 9.17) is 4.74 Å². The summed E-state index contributed by atoms with van der Waals surface area (Å²) in [6.45, 7) is 0.782. The normalized spacial score (nSPS) is 20.1. The smallest absolute Gasteiger partial charge is 0.382 e. The minimum absolute atomic E-state index is 0.0723. The molecule has 8 nitrogen and oxygen atoms in total. The number of likely N-dealkylation sites (tertiary alicyclic amines) is 1. The Morgan fingerprint density at radius 3 is 1.98 bits per heavy atom. The number of carbonyl (C=O) groups is 1. The molecule has 15 heteroatoms. The Morgan fingerprint density at radius 1 is 0.907 bits per heavy atom. The number of halogens is 6. The van der Waals surface area contributed by atoms with Crippen molar-refractivity contribution in [1.82, 2.24) is 4.90 Å². The van der Waals surface area contributed by atoms with E-state index in [1.807, 2.05) is 0 Å². The Morgan fingerprint density at radius 2 is 1.44 bits per heavy atom. The van der Waals surface area contributed by atoms with E-state index < -0.39 is 34.1 Å². The predicted octanol–water partition coefficient (Wildman–Crippen LogP) is 7.20. The van der Waals surface area contributed by atoms with Gasteiger partial charge in [-0.15, -0.1) is 11.8 Å². The van der Waals surface area contributed by atoms with Crippen molar-refractivity contribution in [3.63, 3.8) is 0 Å². The van der Waals surface area contributed by atoms with Gasteiger partial charge in [0, 0.05) is 47.5 Å². The minimum Gasteiger partial charge on any atom is -0.382 e. The van der Waals surface area contributed by atoms with Crippen LogP contribution in [0.3, 0.4) is 0 Å². The molecule has 1 amide bonds. The van der Waals surface area contributed by atoms with E-state index in [1.165, 1.54) is 12.1 Å². The topological polar surface area (TPSA) is 96.7 Å². The highest BCUT2D eigenvalue weighted by atomic mass is 32.2. The molecular weight excluding hydrogens is 602 g/mol. The van der Waals surface area contributed by atoms with E-state index in [-0.39, 0.29) is 41.3 Å². The molecule has 1 saturated carbocycles. The predicted molar refractivity (Wildman–Crippen MR) is 150 cm³/mol. The van der Waals surface area contributed by atoms with E-state index in [2.05, 4.69) is 10.6 Å². The average Bonchev–Trinajstić information content (AvgIpc) is 2.96. The highest BCUT2D eigenvalue weighted by Gasteiger charge is 2.39. The van der Waals surface area contributed by atoms with Gasteiger partial charge < -0.3 is 20.3 Å². The zero-order valence-electron chi connectivity index (χ0n) is 23.3. The molecule has 0 atom stereocenters. The second-order valence-electron chi connectivity index (χ2n) is 10.6. The van der Waals surface area contributed by atoms with Crippen LogP contribution in [0.15, 0.2) is 41.3 Å². The number of anilines is 2. The van der Waals surface area contributed by atoms with E-state index in [9.17, 15) is 41.3 Å². The molecule has 2 aliphatic rings. The lowest BCUT2D eigenvalue weighted by atomic mass is 9.92. The average molecular weight is 635 g/mol. The number of nitrogens with zero attached hydrogens (tertiary/aromatic N) is 2. The van der Waals surface area contributed by atoms with Gasteiger partial charge in [-0.1, -0.05) is 0 Å². The van der Waals surface area contributed by atoms with Crippen LogP contribution in [0.4, 0.5) is 43.4 Å². The van der Waals surface area contributed by atoms with Crippen LogP contribution in [0.25, 0.3) is 0 Å². The monoisotopic (exact) mass is 634 g/mol. The van der Waals surface area contributed by atoms with Crippen LogP contribution in [0.1, 0.15) is 49.7 Å². The highest BCUT2D eigenvalue weighted by Crippen LogP contribution is 2.39. The summed E-state index contributed by atoms with van der Waals surface area (Å²) in [4.78, 5) is 24.5. The van der Waals surface area contributed by atoms with Gasteiger partial charge in [-0.3, -0.25) is 14.9 Å². The quantitative estimate of drug-likeness (QED) is 0.130. The maximum Gasteiger partial charge on any atom is 0.423 e. The van der Waals surface area contributed by atoms with E-state index in [1.54, 1.807) is 17.2 Å². The van der Waals surface area contributed by atoms with E-state index >= 15 is 0 Å². The minimum atomic E-state index is -4.86. The summed E-state index contributed by atoms with van der Waals surface area (Å²) in [6, 6.07) is 6.83. The van der Waals surface area contributed by atoms with Crippen molar-refractivity contribution < 1.29 is 40.8 Å². The third-order valence-electron chi connectivity index (χ3n) is 7.71. The van der Waals surface area contributed by atoms with Crippen LogP contribution in [0, 0.1) is 10.1 Å². The van der Waals surface area contributed by atoms with Gasteiger partial charge >= 0.3 is 12.4 Å². The number of ether oxygens (including phenoxy) is 1. The summed E-state index contributed by atoms with van der Waals surface area (Å²) >= 11 is 1.04. The third kappa shape index (κ3) is 8.68. The SMILES string of the molecule is CSc1ccc(NC2CCN(C(=O)CO[C@H]3CC[C@H](Nc4ccc([N+](=O)[O-])c(C(F)(F)F)c4)CC3)CC2)cc1C(F)(F)F. The number of hydrogen-bond acceptors (Lipinski definition) is 7. The van der Waals surface area contributed by atoms with Crippen molar-refractivity contribution in [2.75, 3.05) is 36.6 Å². The van der Waals surface area contributed by atoms with Gasteiger partial charge in [-0.25, -0.2) is 0 Å². The number of benzene rings is 2. The lowest BCUT2D eigenvalue weighted by molar-refractivity contribution is -0.388. The van der Waals surface area contributed by atoms with Gasteiger partial charge in [0.05, 0.1) is 16.6 Å². The fourth-order valence-electron chi connectivity index (χ4n) is 5.43. The maximum absolute atomic E-state index is 13.4. The van der Waals surface area contributed by atoms with Crippen molar-refractivity contribution in [2.45, 2.75) is 74.0 Å². The van der Waals surface area contributed by atoms with Gasteiger partial charge in [0.2, 0.25) is 5.91 Å². The number of alkyl halides is 6. The van der Waals surface area contributed by atoms with E-state index in [0.717, 1.165) is 30.0 Å². The Bertz CT molecular complexity index is 1290. The van der Waals surface area contributed by atoms with Crippen molar-refractivity contribution >= 4 is 34.7 Å². The van der Waals surface area contributed by atoms with Crippen molar-refractivity contribution in [2.24, 2.45) is 0 Å². The fraction of sp³-hybridized carbons (Fsp3) is 0.536. The third-order valence-corrected chi connectivity index (χ3v) is 8.51. The molecule has 2 aromatic rings. The summed E-state index contributed by atoms with van der Waals surface area (Å²) < 4.78 is 85.8. The maximum atomic E-state index is 13.4. The molecule has 1 saturated heterocycles. The largest absolute Gasteiger partial charge is 0.423 e. The molecule has 2 aromatic carbocycles. The van der Waals surface area contributed by atoms with Crippen molar-refractivity contribution in [3.05, 3.63) is 57.6 Å². The molecule has 4 rings (SSSR count). The molecule has 0 bridgehead atoms. The van der Waals surface area contributed by atoms with Gasteiger partial charge in [0.1, 0.15) is 12.2 Å². The van der Waals surface area contributed by atoms with Gasteiger partial charge in [0.25, 0.3) is 5.69 Å². The van der Waals surface area contributed by atoms with Gasteiger partial charge in [0.15, 0.2) is 0 Å². The number of piperidine rings is 1. The first-order valence-electron chi connectivity index (χ1n) is 13.8. The molecule has 0 radical (unpaired) electrons. The summed E-state index contributed by atoms with van der Waals surface area (Å²) in [5, 5.41) is 17.1. The standard InChI is InChI=1S/C28H32F6N4O4S/c1-43-25-9-5-20(15-23(25)28(32,33)34)36-18-10-12-37(13-11-18)26(39)16-42-21-6-2-17(3-7-21)35-19-4-8-24(38(40)41)22(14-19)27(29,30)31/h4-5,8-9,14-15,17-18,21,35-36H,2-3,6-7,10-13,16H2,1H3/t17-,21-. The fourth-order valence-corrected chi connectivity index (χ4v) is 6.03. The van der Waals surface area contributed by atoms with Gasteiger partial charge in [-0.05, 0) is 75.1 Å². The number of rotatable bonds is 9. The van der Waals surface area contributed by atoms with Crippen LogP contribution >= 0.6 is 11.8 Å². The second kappa shape index (κ2) is 13.6. The summed E-state index contributed by atoms with van der Waals surface area (Å²) in [7, 11) is 0. The number of amides is 1. The molecule has 1 heterocycles. The molecule has 236 valence electrons.